The van der Waals surface area contributed by atoms with Crippen molar-refractivity contribution in [2.24, 2.45) is 11.7 Å². The summed E-state index contributed by atoms with van der Waals surface area (Å²) in [5.41, 5.74) is 5.25. The third-order valence-electron chi connectivity index (χ3n) is 7.27. The number of thioether (sulfide) groups is 1. The Hall–Kier alpha value is -4.11. The van der Waals surface area contributed by atoms with E-state index in [0.29, 0.717) is 17.9 Å². The molecule has 0 saturated heterocycles. The van der Waals surface area contributed by atoms with Crippen LogP contribution < -0.4 is 32.3 Å². The molecule has 14 nitrogen and oxygen atoms in total. The highest BCUT2D eigenvalue weighted by Crippen LogP contribution is 2.12. The van der Waals surface area contributed by atoms with Crippen LogP contribution in [-0.2, 0) is 41.6 Å². The largest absolute Gasteiger partial charge is 0.368 e. The Kier molecular flexibility index (Phi) is 16.4. The quantitative estimate of drug-likeness (QED) is 0.0963. The number of nitrogens with one attached hydrogen (secondary N) is 6. The summed E-state index contributed by atoms with van der Waals surface area (Å²) in [4.78, 5) is 85.0. The molecule has 4 atom stereocenters. The first-order valence-electron chi connectivity index (χ1n) is 15.5. The third-order valence-corrected chi connectivity index (χ3v) is 8.16. The van der Waals surface area contributed by atoms with Gasteiger partial charge in [0, 0.05) is 24.7 Å². The predicted octanol–water partition coefficient (Wildman–Crippen LogP) is 0.552. The minimum Gasteiger partial charge on any atom is -0.368 e. The Morgan fingerprint density at radius 2 is 1.52 bits per heavy atom. The summed E-state index contributed by atoms with van der Waals surface area (Å²) in [5.74, 6) is -3.60. The van der Waals surface area contributed by atoms with Crippen LogP contribution in [0, 0.1) is 5.92 Å². The van der Waals surface area contributed by atoms with Gasteiger partial charge >= 0.3 is 0 Å². The number of hydrogen-bond donors (Lipinski definition) is 7. The molecule has 2 aromatic rings. The summed E-state index contributed by atoms with van der Waals surface area (Å²) < 4.78 is 0. The van der Waals surface area contributed by atoms with Crippen molar-refractivity contribution in [1.82, 2.24) is 36.6 Å². The monoisotopic (exact) mass is 706 g/mol. The van der Waals surface area contributed by atoms with E-state index in [2.05, 4.69) is 36.6 Å². The first-order valence-corrected chi connectivity index (χ1v) is 17.5. The predicted molar refractivity (Wildman–Crippen MR) is 185 cm³/mol. The minimum absolute atomic E-state index is 0.00329. The maximum Gasteiger partial charge on any atom is 0.245 e. The van der Waals surface area contributed by atoms with Crippen LogP contribution in [0.5, 0.6) is 0 Å². The lowest BCUT2D eigenvalue weighted by Crippen LogP contribution is -2.63. The second-order valence-corrected chi connectivity index (χ2v) is 13.6. The molecule has 0 radical (unpaired) electrons. The number of hydrogen-bond acceptors (Lipinski definition) is 8. The molecule has 0 fully saturated rings. The molecule has 1 aromatic carbocycles. The van der Waals surface area contributed by atoms with Crippen molar-refractivity contribution in [3.8, 4) is 0 Å². The summed E-state index contributed by atoms with van der Waals surface area (Å²) >= 11 is 7.18. The van der Waals surface area contributed by atoms with Gasteiger partial charge in [-0.25, -0.2) is 4.98 Å². The number of primary amides is 1. The number of alkyl halides is 1. The molecule has 0 saturated carbocycles. The van der Waals surface area contributed by atoms with Gasteiger partial charge in [-0.05, 0) is 50.2 Å². The van der Waals surface area contributed by atoms with E-state index in [0.717, 1.165) is 5.56 Å². The molecule has 6 amide bonds. The zero-order chi connectivity index (χ0) is 35.9. The summed E-state index contributed by atoms with van der Waals surface area (Å²) in [6.45, 7) is 6.70. The number of halogens is 1. The van der Waals surface area contributed by atoms with Gasteiger partial charge in [0.1, 0.15) is 35.6 Å². The maximum atomic E-state index is 13.8. The van der Waals surface area contributed by atoms with Gasteiger partial charge in [-0.15, -0.1) is 11.6 Å². The van der Waals surface area contributed by atoms with E-state index in [4.69, 9.17) is 17.3 Å². The fourth-order valence-electron chi connectivity index (χ4n) is 4.68. The van der Waals surface area contributed by atoms with Gasteiger partial charge in [-0.2, -0.15) is 11.8 Å². The van der Waals surface area contributed by atoms with Gasteiger partial charge in [-0.3, -0.25) is 28.8 Å². The average molecular weight is 707 g/mol. The van der Waals surface area contributed by atoms with Crippen molar-refractivity contribution in [3.63, 3.8) is 0 Å². The van der Waals surface area contributed by atoms with Crippen LogP contribution in [-0.4, -0.2) is 93.0 Å². The van der Waals surface area contributed by atoms with Crippen LogP contribution in [0.3, 0.4) is 0 Å². The fraction of sp³-hybridized carbons (Fsp3) is 0.531. The third kappa shape index (κ3) is 13.6. The van der Waals surface area contributed by atoms with Crippen molar-refractivity contribution in [1.29, 1.82) is 0 Å². The van der Waals surface area contributed by atoms with Crippen LogP contribution in [0.25, 0.3) is 0 Å². The second kappa shape index (κ2) is 19.6. The molecule has 8 N–H and O–H groups in total. The first kappa shape index (κ1) is 40.1. The maximum absolute atomic E-state index is 13.8. The smallest absolute Gasteiger partial charge is 0.245 e. The van der Waals surface area contributed by atoms with E-state index in [1.165, 1.54) is 38.1 Å². The molecular weight excluding hydrogens is 660 g/mol. The normalized spacial score (nSPS) is 13.8. The van der Waals surface area contributed by atoms with Crippen LogP contribution >= 0.6 is 23.4 Å². The SMILES string of the molecule is CSCC[C@H](NC(=O)[C@H](CC(C)C)NC(=O)C(C)(C)NC(=O)[C@H](Cc1ccccc1)NC(=O)[C@H](Cc1cnc[nH]1)NC(=O)CCl)C(N)=O. The lowest BCUT2D eigenvalue weighted by Gasteiger charge is -2.31. The highest BCUT2D eigenvalue weighted by atomic mass is 35.5. The molecular formula is C32H47ClN8O6S. The molecule has 264 valence electrons. The zero-order valence-electron chi connectivity index (χ0n) is 27.9. The van der Waals surface area contributed by atoms with Crippen molar-refractivity contribution in [2.45, 2.75) is 83.1 Å². The van der Waals surface area contributed by atoms with E-state index in [1.807, 2.05) is 26.2 Å². The molecule has 0 aliphatic heterocycles. The van der Waals surface area contributed by atoms with Crippen LogP contribution in [0.1, 0.15) is 51.8 Å². The van der Waals surface area contributed by atoms with Gasteiger partial charge in [0.25, 0.3) is 0 Å². The molecule has 0 unspecified atom stereocenters. The highest BCUT2D eigenvalue weighted by Gasteiger charge is 2.36. The molecule has 1 heterocycles. The van der Waals surface area contributed by atoms with E-state index in [9.17, 15) is 28.8 Å². The number of benzene rings is 1. The summed E-state index contributed by atoms with van der Waals surface area (Å²) in [5, 5.41) is 13.3. The molecule has 2 rings (SSSR count). The van der Waals surface area contributed by atoms with Gasteiger partial charge in [0.05, 0.1) is 6.33 Å². The molecule has 0 spiro atoms. The van der Waals surface area contributed by atoms with Crippen molar-refractivity contribution < 1.29 is 28.8 Å². The molecule has 1 aromatic heterocycles. The van der Waals surface area contributed by atoms with Gasteiger partial charge in [0.2, 0.25) is 35.4 Å². The highest BCUT2D eigenvalue weighted by molar-refractivity contribution is 7.98. The first-order chi connectivity index (χ1) is 22.7. The standard InChI is InChI=1S/C32H47ClN8O6S/c1-19(2)13-23(28(44)38-22(27(34)43)11-12-48-5)40-31(47)32(3,4)41-30(46)24(14-20-9-7-6-8-10-20)39-29(45)25(37-26(42)16-33)15-21-17-35-18-36-21/h6-10,17-19,22-25H,11-16H2,1-5H3,(H2,34,43)(H,35,36)(H,37,42)(H,38,44)(H,39,45)(H,40,47)(H,41,46)/t22-,23-,24-,25-/m0/s1. The summed E-state index contributed by atoms with van der Waals surface area (Å²) in [6, 6.07) is 4.79. The Bertz CT molecular complexity index is 1380. The molecule has 16 heteroatoms. The Morgan fingerprint density at radius 3 is 2.08 bits per heavy atom. The van der Waals surface area contributed by atoms with Gasteiger partial charge in [-0.1, -0.05) is 44.2 Å². The summed E-state index contributed by atoms with van der Waals surface area (Å²) in [6.07, 6.45) is 5.52. The van der Waals surface area contributed by atoms with E-state index >= 15 is 0 Å². The topological polar surface area (TPSA) is 217 Å². The average Bonchev–Trinajstić information content (AvgIpc) is 3.54. The van der Waals surface area contributed by atoms with E-state index < -0.39 is 65.1 Å². The number of carbonyl (C=O) groups is 6. The van der Waals surface area contributed by atoms with Gasteiger partial charge < -0.3 is 37.3 Å². The Morgan fingerprint density at radius 1 is 0.896 bits per heavy atom. The second-order valence-electron chi connectivity index (χ2n) is 12.3. The lowest BCUT2D eigenvalue weighted by atomic mass is 9.98. The number of amides is 6. The number of imidazole rings is 1. The molecule has 0 aliphatic rings. The number of nitrogens with zero attached hydrogens (tertiary/aromatic N) is 1. The van der Waals surface area contributed by atoms with Crippen molar-refractivity contribution >= 4 is 58.8 Å². The van der Waals surface area contributed by atoms with Crippen LogP contribution in [0.4, 0.5) is 0 Å². The van der Waals surface area contributed by atoms with Crippen LogP contribution in [0.2, 0.25) is 0 Å². The number of rotatable bonds is 20. The minimum atomic E-state index is -1.55. The molecule has 48 heavy (non-hydrogen) atoms. The van der Waals surface area contributed by atoms with Gasteiger partial charge in [0.15, 0.2) is 0 Å². The van der Waals surface area contributed by atoms with Crippen LogP contribution in [0.15, 0.2) is 42.9 Å². The fourth-order valence-corrected chi connectivity index (χ4v) is 5.23. The number of H-pyrrole nitrogens is 1. The Balaban J connectivity index is 2.26. The van der Waals surface area contributed by atoms with Crippen molar-refractivity contribution in [3.05, 3.63) is 54.1 Å². The number of carbonyl (C=O) groups excluding carboxylic acids is 6. The molecule has 0 aliphatic carbocycles. The summed E-state index contributed by atoms with van der Waals surface area (Å²) in [7, 11) is 0. The Labute approximate surface area is 290 Å². The zero-order valence-corrected chi connectivity index (χ0v) is 29.5. The van der Waals surface area contributed by atoms with E-state index in [1.54, 1.807) is 24.3 Å². The lowest BCUT2D eigenvalue weighted by molar-refractivity contribution is -0.137. The van der Waals surface area contributed by atoms with Crippen molar-refractivity contribution in [2.75, 3.05) is 17.9 Å². The number of aromatic nitrogens is 2. The number of nitrogens with two attached hydrogens (primary N) is 1. The molecule has 0 bridgehead atoms. The number of aromatic amines is 1. The van der Waals surface area contributed by atoms with E-state index in [-0.39, 0.29) is 31.1 Å².